The van der Waals surface area contributed by atoms with Crippen LogP contribution in [0, 0.1) is 5.92 Å². The number of alkyl halides is 1. The molecule has 2 aromatic heterocycles. The van der Waals surface area contributed by atoms with Gasteiger partial charge in [-0.25, -0.2) is 14.2 Å². The van der Waals surface area contributed by atoms with Crippen molar-refractivity contribution < 1.29 is 19.0 Å². The second kappa shape index (κ2) is 6.84. The van der Waals surface area contributed by atoms with Crippen LogP contribution in [0.1, 0.15) is 25.3 Å². The van der Waals surface area contributed by atoms with Crippen molar-refractivity contribution in [1.29, 1.82) is 0 Å². The standard InChI is InChI=1S/C19H20ClFN4O4/c20-15-16-10(5-23-18(15)24-6-9-2-1-3-22-12(9)7-24)17(26)14(29-19(27)28)8-25(16)13-4-11(13)21/h5,8-9,11-13,22H,1-4,6-7H2,(H,27,28)/t9-,11-,12+,13+/m0/s1. The number of pyridine rings is 2. The summed E-state index contributed by atoms with van der Waals surface area (Å²) in [5, 5.41) is 12.8. The summed E-state index contributed by atoms with van der Waals surface area (Å²) in [5.74, 6) is 0.696. The van der Waals surface area contributed by atoms with Gasteiger partial charge in [0.25, 0.3) is 0 Å². The first-order valence-electron chi connectivity index (χ1n) is 9.70. The number of hydrogen-bond donors (Lipinski definition) is 2. The second-order valence-electron chi connectivity index (χ2n) is 7.94. The minimum Gasteiger partial charge on any atom is -0.449 e. The highest BCUT2D eigenvalue weighted by Gasteiger charge is 2.41. The fourth-order valence-corrected chi connectivity index (χ4v) is 4.94. The van der Waals surface area contributed by atoms with Crippen molar-refractivity contribution in [2.75, 3.05) is 24.5 Å². The van der Waals surface area contributed by atoms with E-state index >= 15 is 0 Å². The molecule has 2 saturated heterocycles. The van der Waals surface area contributed by atoms with Gasteiger partial charge >= 0.3 is 6.16 Å². The van der Waals surface area contributed by atoms with Crippen LogP contribution in [0.3, 0.4) is 0 Å². The van der Waals surface area contributed by atoms with Crippen molar-refractivity contribution in [1.82, 2.24) is 14.9 Å². The van der Waals surface area contributed by atoms with Gasteiger partial charge in [0.15, 0.2) is 5.75 Å². The normalized spacial score (nSPS) is 28.4. The SMILES string of the molecule is O=C(O)Oc1cn([C@@H]2C[C@@H]2F)c2c(Cl)c(N3C[C@@H]4CCCN[C@@H]4C3)ncc2c1=O. The van der Waals surface area contributed by atoms with E-state index in [1.165, 1.54) is 17.0 Å². The zero-order valence-corrected chi connectivity index (χ0v) is 16.2. The summed E-state index contributed by atoms with van der Waals surface area (Å²) in [5.41, 5.74) is -0.264. The van der Waals surface area contributed by atoms with Crippen LogP contribution in [0.4, 0.5) is 15.0 Å². The Kier molecular flexibility index (Phi) is 4.40. The molecule has 1 aliphatic carbocycles. The van der Waals surface area contributed by atoms with Gasteiger partial charge in [-0.1, -0.05) is 11.6 Å². The molecule has 3 aliphatic rings. The Hall–Kier alpha value is -2.39. The highest BCUT2D eigenvalue weighted by atomic mass is 35.5. The Balaban J connectivity index is 1.63. The van der Waals surface area contributed by atoms with E-state index in [2.05, 4.69) is 19.9 Å². The molecule has 4 heterocycles. The third kappa shape index (κ3) is 3.12. The Morgan fingerprint density at radius 1 is 1.41 bits per heavy atom. The van der Waals surface area contributed by atoms with Gasteiger partial charge in [0.1, 0.15) is 17.0 Å². The number of carbonyl (C=O) groups is 1. The number of aromatic nitrogens is 2. The summed E-state index contributed by atoms with van der Waals surface area (Å²) in [6.07, 6.45) is 2.49. The predicted octanol–water partition coefficient (Wildman–Crippen LogP) is 2.58. The summed E-state index contributed by atoms with van der Waals surface area (Å²) in [6.45, 7) is 2.58. The van der Waals surface area contributed by atoms with E-state index in [1.807, 2.05) is 0 Å². The molecule has 2 aliphatic heterocycles. The Labute approximate surface area is 170 Å². The van der Waals surface area contributed by atoms with E-state index in [9.17, 15) is 14.0 Å². The van der Waals surface area contributed by atoms with Gasteiger partial charge in [-0.15, -0.1) is 0 Å². The third-order valence-corrected chi connectivity index (χ3v) is 6.44. The molecule has 0 bridgehead atoms. The van der Waals surface area contributed by atoms with E-state index in [1.54, 1.807) is 0 Å². The molecule has 29 heavy (non-hydrogen) atoms. The van der Waals surface area contributed by atoms with Gasteiger partial charge in [0, 0.05) is 31.7 Å². The fourth-order valence-electron chi connectivity index (χ4n) is 4.58. The molecule has 2 aromatic rings. The zero-order chi connectivity index (χ0) is 20.3. The number of ether oxygens (including phenoxy) is 1. The maximum Gasteiger partial charge on any atom is 0.511 e. The highest BCUT2D eigenvalue weighted by Crippen LogP contribution is 2.44. The molecule has 1 saturated carbocycles. The summed E-state index contributed by atoms with van der Waals surface area (Å²) < 4.78 is 20.0. The average molecular weight is 423 g/mol. The van der Waals surface area contributed by atoms with Gasteiger partial charge in [-0.2, -0.15) is 0 Å². The molecular weight excluding hydrogens is 403 g/mol. The molecule has 3 fully saturated rings. The lowest BCUT2D eigenvalue weighted by Gasteiger charge is -2.24. The van der Waals surface area contributed by atoms with Crippen molar-refractivity contribution in [3.8, 4) is 5.75 Å². The van der Waals surface area contributed by atoms with E-state index in [-0.39, 0.29) is 22.6 Å². The van der Waals surface area contributed by atoms with Crippen LogP contribution in [-0.2, 0) is 0 Å². The lowest BCUT2D eigenvalue weighted by atomic mass is 9.94. The minimum atomic E-state index is -1.61. The fraction of sp³-hybridized carbons (Fsp3) is 0.526. The summed E-state index contributed by atoms with van der Waals surface area (Å²) in [4.78, 5) is 30.2. The lowest BCUT2D eigenvalue weighted by molar-refractivity contribution is 0.143. The molecule has 8 nitrogen and oxygen atoms in total. The third-order valence-electron chi connectivity index (χ3n) is 6.09. The number of anilines is 1. The Morgan fingerprint density at radius 2 is 2.21 bits per heavy atom. The first-order valence-corrected chi connectivity index (χ1v) is 10.1. The molecule has 5 rings (SSSR count). The minimum absolute atomic E-state index is 0.117. The molecule has 0 unspecified atom stereocenters. The Morgan fingerprint density at radius 3 is 2.90 bits per heavy atom. The van der Waals surface area contributed by atoms with Crippen molar-refractivity contribution in [2.45, 2.75) is 37.5 Å². The molecular formula is C19H20ClFN4O4. The number of fused-ring (bicyclic) bond motifs is 2. The van der Waals surface area contributed by atoms with Gasteiger partial charge in [-0.3, -0.25) is 4.79 Å². The molecule has 4 atom stereocenters. The maximum atomic E-state index is 13.9. The van der Waals surface area contributed by atoms with E-state index < -0.39 is 23.8 Å². The van der Waals surface area contributed by atoms with Crippen LogP contribution in [0.15, 0.2) is 17.2 Å². The van der Waals surface area contributed by atoms with Crippen molar-refractivity contribution in [3.05, 3.63) is 27.6 Å². The maximum absolute atomic E-state index is 13.9. The monoisotopic (exact) mass is 422 g/mol. The quantitative estimate of drug-likeness (QED) is 0.734. The summed E-state index contributed by atoms with van der Waals surface area (Å²) in [7, 11) is 0. The zero-order valence-electron chi connectivity index (χ0n) is 15.5. The molecule has 0 aromatic carbocycles. The Bertz CT molecular complexity index is 1050. The number of hydrogen-bond acceptors (Lipinski definition) is 6. The topological polar surface area (TPSA) is 96.7 Å². The van der Waals surface area contributed by atoms with E-state index in [0.717, 1.165) is 32.5 Å². The highest BCUT2D eigenvalue weighted by molar-refractivity contribution is 6.37. The predicted molar refractivity (Wildman–Crippen MR) is 105 cm³/mol. The first kappa shape index (κ1) is 18.6. The molecule has 0 spiro atoms. The van der Waals surface area contributed by atoms with Crippen molar-refractivity contribution >= 4 is 34.5 Å². The number of carboxylic acid groups (broad SMARTS) is 1. The smallest absolute Gasteiger partial charge is 0.449 e. The molecule has 0 amide bonds. The van der Waals surface area contributed by atoms with Crippen molar-refractivity contribution in [2.24, 2.45) is 5.92 Å². The molecule has 2 N–H and O–H groups in total. The van der Waals surface area contributed by atoms with E-state index in [0.29, 0.717) is 23.3 Å². The summed E-state index contributed by atoms with van der Waals surface area (Å²) >= 11 is 6.71. The number of halogens is 2. The lowest BCUT2D eigenvalue weighted by Crippen LogP contribution is -2.40. The van der Waals surface area contributed by atoms with Crippen LogP contribution >= 0.6 is 11.6 Å². The van der Waals surface area contributed by atoms with Crippen LogP contribution in [0.25, 0.3) is 10.9 Å². The molecule has 154 valence electrons. The van der Waals surface area contributed by atoms with Crippen LogP contribution < -0.4 is 20.4 Å². The molecule has 10 heteroatoms. The van der Waals surface area contributed by atoms with E-state index in [4.69, 9.17) is 16.7 Å². The van der Waals surface area contributed by atoms with Gasteiger partial charge in [0.05, 0.1) is 23.1 Å². The first-order chi connectivity index (χ1) is 13.9. The van der Waals surface area contributed by atoms with Gasteiger partial charge in [0.2, 0.25) is 5.43 Å². The largest absolute Gasteiger partial charge is 0.511 e. The molecule has 0 radical (unpaired) electrons. The number of nitrogens with one attached hydrogen (secondary N) is 1. The van der Waals surface area contributed by atoms with Crippen LogP contribution in [0.2, 0.25) is 5.02 Å². The number of piperidine rings is 1. The van der Waals surface area contributed by atoms with Crippen LogP contribution in [0.5, 0.6) is 5.75 Å². The van der Waals surface area contributed by atoms with Crippen LogP contribution in [-0.4, -0.2) is 52.7 Å². The summed E-state index contributed by atoms with van der Waals surface area (Å²) in [6, 6.07) is -0.130. The van der Waals surface area contributed by atoms with Gasteiger partial charge < -0.3 is 24.6 Å². The second-order valence-corrected chi connectivity index (χ2v) is 8.32. The number of rotatable bonds is 3. The van der Waals surface area contributed by atoms with Crippen molar-refractivity contribution in [3.63, 3.8) is 0 Å². The number of nitrogens with zero attached hydrogens (tertiary/aromatic N) is 3. The average Bonchev–Trinajstić information content (AvgIpc) is 3.25. The van der Waals surface area contributed by atoms with Gasteiger partial charge in [-0.05, 0) is 25.3 Å².